The van der Waals surface area contributed by atoms with E-state index < -0.39 is 27.9 Å². The number of nitrogens with zero attached hydrogens (tertiary/aromatic N) is 3. The Labute approximate surface area is 228 Å². The SMILES string of the molecule is CS(=O)(=O)c1ccc([C@@H](CC2CCCC2)C(=O)Nc2cnc(C3=NCCN3)cn2)cc1Cl.O=C(O)C(F)(F)F. The number of carboxylic acid groups (broad SMARTS) is 1. The smallest absolute Gasteiger partial charge is 0.475 e. The number of nitrogens with one attached hydrogen (secondary N) is 2. The molecule has 4 rings (SSSR count). The number of benzene rings is 1. The van der Waals surface area contributed by atoms with Crippen molar-refractivity contribution < 1.29 is 36.3 Å². The van der Waals surface area contributed by atoms with Gasteiger partial charge in [0.25, 0.3) is 0 Å². The highest BCUT2D eigenvalue weighted by molar-refractivity contribution is 7.90. The number of aliphatic carboxylic acids is 1. The minimum absolute atomic E-state index is 0.0628. The van der Waals surface area contributed by atoms with Crippen LogP contribution in [-0.2, 0) is 19.4 Å². The Morgan fingerprint density at radius 2 is 1.87 bits per heavy atom. The number of aliphatic imine (C=N–C) groups is 1. The number of alkyl halides is 3. The average molecular weight is 590 g/mol. The van der Waals surface area contributed by atoms with Gasteiger partial charge in [-0.15, -0.1) is 0 Å². The molecule has 1 aromatic carbocycles. The lowest BCUT2D eigenvalue weighted by Crippen LogP contribution is -2.24. The van der Waals surface area contributed by atoms with E-state index in [9.17, 15) is 26.4 Å². The van der Waals surface area contributed by atoms with Crippen LogP contribution in [0.15, 0.2) is 40.5 Å². The quantitative estimate of drug-likeness (QED) is 0.441. The number of amidine groups is 1. The predicted molar refractivity (Wildman–Crippen MR) is 138 cm³/mol. The fourth-order valence-corrected chi connectivity index (χ4v) is 5.64. The molecular formula is C24H27ClF3N5O5S. The van der Waals surface area contributed by atoms with E-state index >= 15 is 0 Å². The molecule has 10 nitrogen and oxygen atoms in total. The zero-order valence-electron chi connectivity index (χ0n) is 20.8. The molecule has 0 spiro atoms. The highest BCUT2D eigenvalue weighted by Gasteiger charge is 2.38. The van der Waals surface area contributed by atoms with Crippen molar-refractivity contribution in [3.05, 3.63) is 46.9 Å². The molecule has 0 bridgehead atoms. The molecule has 1 atom stereocenters. The maximum atomic E-state index is 13.3. The molecule has 15 heteroatoms. The van der Waals surface area contributed by atoms with Gasteiger partial charge in [-0.2, -0.15) is 13.2 Å². The Hall–Kier alpha value is -3.26. The van der Waals surface area contributed by atoms with E-state index in [1.807, 2.05) is 0 Å². The van der Waals surface area contributed by atoms with E-state index in [2.05, 4.69) is 25.6 Å². The number of hydrogen-bond acceptors (Lipinski definition) is 8. The van der Waals surface area contributed by atoms with E-state index in [1.165, 1.54) is 12.3 Å². The monoisotopic (exact) mass is 589 g/mol. The first kappa shape index (κ1) is 30.3. The molecule has 3 N–H and O–H groups in total. The summed E-state index contributed by atoms with van der Waals surface area (Å²) in [6, 6.07) is 4.75. The first-order chi connectivity index (χ1) is 18.3. The van der Waals surface area contributed by atoms with Gasteiger partial charge in [-0.25, -0.2) is 23.2 Å². The Balaban J connectivity index is 0.000000532. The van der Waals surface area contributed by atoms with Gasteiger partial charge in [-0.05, 0) is 30.0 Å². The van der Waals surface area contributed by atoms with Crippen LogP contribution < -0.4 is 10.6 Å². The summed E-state index contributed by atoms with van der Waals surface area (Å²) < 4.78 is 55.6. The van der Waals surface area contributed by atoms with Gasteiger partial charge >= 0.3 is 12.1 Å². The summed E-state index contributed by atoms with van der Waals surface area (Å²) >= 11 is 6.27. The zero-order valence-corrected chi connectivity index (χ0v) is 22.4. The van der Waals surface area contributed by atoms with Crippen LogP contribution >= 0.6 is 11.6 Å². The van der Waals surface area contributed by atoms with E-state index in [1.54, 1.807) is 18.3 Å². The fourth-order valence-electron chi connectivity index (χ4n) is 4.31. The van der Waals surface area contributed by atoms with Crippen LogP contribution in [0.4, 0.5) is 19.0 Å². The fraction of sp³-hybridized carbons (Fsp3) is 0.458. The van der Waals surface area contributed by atoms with E-state index in [0.29, 0.717) is 41.8 Å². The predicted octanol–water partition coefficient (Wildman–Crippen LogP) is 3.82. The lowest BCUT2D eigenvalue weighted by molar-refractivity contribution is -0.192. The number of aromatic nitrogens is 2. The molecule has 1 fully saturated rings. The van der Waals surface area contributed by atoms with Gasteiger partial charge in [0.1, 0.15) is 11.5 Å². The molecule has 0 radical (unpaired) electrons. The molecule has 0 unspecified atom stereocenters. The molecule has 2 aromatic rings. The van der Waals surface area contributed by atoms with Crippen LogP contribution in [0.2, 0.25) is 5.02 Å². The molecule has 1 aliphatic heterocycles. The number of rotatable bonds is 7. The number of halogens is 4. The van der Waals surface area contributed by atoms with Crippen molar-refractivity contribution in [1.29, 1.82) is 0 Å². The number of amides is 1. The van der Waals surface area contributed by atoms with Crippen LogP contribution in [0.3, 0.4) is 0 Å². The van der Waals surface area contributed by atoms with Crippen molar-refractivity contribution in [3.63, 3.8) is 0 Å². The van der Waals surface area contributed by atoms with Gasteiger partial charge in [0.05, 0.1) is 34.8 Å². The van der Waals surface area contributed by atoms with Gasteiger partial charge in [0.15, 0.2) is 15.7 Å². The molecule has 1 aromatic heterocycles. The standard InChI is InChI=1S/C22H26ClN5O3S.C2HF3O2/c1-32(30,31)19-7-6-15(11-17(19)23)16(10-14-4-2-3-5-14)22(29)28-20-13-26-18(12-27-20)21-24-8-9-25-21;3-2(4,5)1(6)7/h6-7,11-14,16H,2-5,8-10H2,1H3,(H,24,25)(H,27,28,29);(H,6,7)/t16-;/m1./s1. The highest BCUT2D eigenvalue weighted by Crippen LogP contribution is 2.36. The van der Waals surface area contributed by atoms with Crippen molar-refractivity contribution in [3.8, 4) is 0 Å². The van der Waals surface area contributed by atoms with Crippen molar-refractivity contribution in [2.45, 2.75) is 49.1 Å². The molecule has 212 valence electrons. The second-order valence-corrected chi connectivity index (χ2v) is 11.5. The molecule has 0 saturated heterocycles. The largest absolute Gasteiger partial charge is 0.490 e. The second kappa shape index (κ2) is 12.7. The number of hydrogen-bond donors (Lipinski definition) is 3. The van der Waals surface area contributed by atoms with Crippen LogP contribution in [0.1, 0.15) is 49.3 Å². The molecule has 1 aliphatic carbocycles. The Bertz CT molecular complexity index is 1330. The van der Waals surface area contributed by atoms with Crippen LogP contribution in [0.25, 0.3) is 0 Å². The van der Waals surface area contributed by atoms with E-state index in [-0.39, 0.29) is 15.8 Å². The number of anilines is 1. The number of carbonyl (C=O) groups excluding carboxylic acids is 1. The summed E-state index contributed by atoms with van der Waals surface area (Å²) in [7, 11) is -3.44. The molecule has 1 amide bonds. The van der Waals surface area contributed by atoms with E-state index in [0.717, 1.165) is 38.5 Å². The third-order valence-electron chi connectivity index (χ3n) is 6.18. The third kappa shape index (κ3) is 8.62. The molecule has 39 heavy (non-hydrogen) atoms. The normalized spacial score (nSPS) is 16.5. The average Bonchev–Trinajstić information content (AvgIpc) is 3.56. The number of sulfone groups is 1. The summed E-state index contributed by atoms with van der Waals surface area (Å²) in [6.45, 7) is 1.48. The van der Waals surface area contributed by atoms with Crippen molar-refractivity contribution in [2.24, 2.45) is 10.9 Å². The number of carbonyl (C=O) groups is 2. The zero-order chi connectivity index (χ0) is 28.8. The molecule has 2 heterocycles. The van der Waals surface area contributed by atoms with E-state index in [4.69, 9.17) is 21.5 Å². The minimum atomic E-state index is -5.08. The summed E-state index contributed by atoms with van der Waals surface area (Å²) in [4.78, 5) is 35.2. The summed E-state index contributed by atoms with van der Waals surface area (Å²) in [5, 5.41) is 13.3. The Morgan fingerprint density at radius 1 is 1.21 bits per heavy atom. The van der Waals surface area contributed by atoms with Gasteiger partial charge < -0.3 is 15.7 Å². The maximum absolute atomic E-state index is 13.3. The highest BCUT2D eigenvalue weighted by atomic mass is 35.5. The topological polar surface area (TPSA) is 151 Å². The van der Waals surface area contributed by atoms with Crippen LogP contribution in [0.5, 0.6) is 0 Å². The summed E-state index contributed by atoms with van der Waals surface area (Å²) in [6.07, 6.45) is 4.30. The minimum Gasteiger partial charge on any atom is -0.475 e. The van der Waals surface area contributed by atoms with Gasteiger partial charge in [0.2, 0.25) is 5.91 Å². The number of carboxylic acids is 1. The summed E-state index contributed by atoms with van der Waals surface area (Å²) in [5.74, 6) is -1.93. The Kier molecular flexibility index (Phi) is 9.88. The van der Waals surface area contributed by atoms with Gasteiger partial charge in [0, 0.05) is 12.8 Å². The lowest BCUT2D eigenvalue weighted by atomic mass is 9.87. The maximum Gasteiger partial charge on any atom is 0.490 e. The molecular weight excluding hydrogens is 563 g/mol. The molecule has 1 saturated carbocycles. The van der Waals surface area contributed by atoms with Gasteiger partial charge in [-0.3, -0.25) is 9.79 Å². The van der Waals surface area contributed by atoms with Crippen molar-refractivity contribution >= 4 is 45.0 Å². The van der Waals surface area contributed by atoms with Gasteiger partial charge in [-0.1, -0.05) is 43.4 Å². The first-order valence-corrected chi connectivity index (χ1v) is 14.2. The van der Waals surface area contributed by atoms with Crippen molar-refractivity contribution in [1.82, 2.24) is 15.3 Å². The van der Waals surface area contributed by atoms with Crippen molar-refractivity contribution in [2.75, 3.05) is 24.7 Å². The van der Waals surface area contributed by atoms with Crippen LogP contribution in [-0.4, -0.2) is 66.7 Å². The van der Waals surface area contributed by atoms with Crippen LogP contribution in [0, 0.1) is 5.92 Å². The second-order valence-electron chi connectivity index (χ2n) is 9.14. The summed E-state index contributed by atoms with van der Waals surface area (Å²) in [5.41, 5.74) is 1.33. The Morgan fingerprint density at radius 3 is 2.36 bits per heavy atom. The third-order valence-corrected chi connectivity index (χ3v) is 7.76. The molecule has 2 aliphatic rings. The lowest BCUT2D eigenvalue weighted by Gasteiger charge is -2.21. The first-order valence-electron chi connectivity index (χ1n) is 12.0.